The van der Waals surface area contributed by atoms with E-state index >= 15 is 0 Å². The van der Waals surface area contributed by atoms with Crippen LogP contribution in [0.2, 0.25) is 0 Å². The van der Waals surface area contributed by atoms with Crippen LogP contribution in [0.15, 0.2) is 36.4 Å². The number of methoxy groups -OCH3 is 1. The molecule has 152 valence electrons. The van der Waals surface area contributed by atoms with Crippen LogP contribution in [0, 0.1) is 0 Å². The van der Waals surface area contributed by atoms with Gasteiger partial charge in [-0.25, -0.2) is 4.79 Å². The summed E-state index contributed by atoms with van der Waals surface area (Å²) in [6.45, 7) is 2.31. The van der Waals surface area contributed by atoms with Crippen molar-refractivity contribution < 1.29 is 23.8 Å². The van der Waals surface area contributed by atoms with E-state index in [1.807, 2.05) is 0 Å². The first kappa shape index (κ1) is 19.3. The molecule has 29 heavy (non-hydrogen) atoms. The number of benzene rings is 1. The molecule has 3 heterocycles. The van der Waals surface area contributed by atoms with Crippen LogP contribution in [0.1, 0.15) is 33.7 Å². The number of likely N-dealkylation sites (tertiary alicyclic amines) is 1. The van der Waals surface area contributed by atoms with Gasteiger partial charge in [0.1, 0.15) is 0 Å². The number of nitrogens with zero attached hydrogens (tertiary/aromatic N) is 3. The zero-order valence-electron chi connectivity index (χ0n) is 16.1. The molecule has 2 aliphatic rings. The van der Waals surface area contributed by atoms with Crippen LogP contribution >= 0.6 is 0 Å². The summed E-state index contributed by atoms with van der Waals surface area (Å²) >= 11 is 0. The van der Waals surface area contributed by atoms with Crippen molar-refractivity contribution >= 4 is 23.4 Å². The van der Waals surface area contributed by atoms with E-state index in [2.05, 4.69) is 15.5 Å². The number of para-hydroxylation sites is 1. The number of esters is 1. The van der Waals surface area contributed by atoms with E-state index in [1.165, 1.54) is 7.11 Å². The molecule has 0 bridgehead atoms. The number of piperidine rings is 1. The van der Waals surface area contributed by atoms with Gasteiger partial charge in [0.15, 0.2) is 17.3 Å². The third-order valence-corrected chi connectivity index (χ3v) is 5.10. The molecule has 1 spiro atoms. The summed E-state index contributed by atoms with van der Waals surface area (Å²) in [6, 6.07) is 10.2. The van der Waals surface area contributed by atoms with Crippen LogP contribution in [-0.4, -0.2) is 66.2 Å². The number of amides is 1. The number of ether oxygens (including phenoxy) is 3. The van der Waals surface area contributed by atoms with Crippen LogP contribution in [0.25, 0.3) is 0 Å². The summed E-state index contributed by atoms with van der Waals surface area (Å²) in [5.74, 6) is -0.732. The molecule has 9 nitrogen and oxygen atoms in total. The first-order chi connectivity index (χ1) is 14.1. The molecule has 1 aromatic heterocycles. The number of carbonyl (C=O) groups is 2. The van der Waals surface area contributed by atoms with E-state index in [-0.39, 0.29) is 11.6 Å². The molecule has 9 heteroatoms. The smallest absolute Gasteiger partial charge is 0.339 e. The summed E-state index contributed by atoms with van der Waals surface area (Å²) in [6.07, 6.45) is 1.30. The maximum absolute atomic E-state index is 12.7. The van der Waals surface area contributed by atoms with Crippen molar-refractivity contribution in [1.29, 1.82) is 0 Å². The number of aromatic nitrogens is 2. The second-order valence-electron chi connectivity index (χ2n) is 6.87. The molecule has 1 amide bonds. The summed E-state index contributed by atoms with van der Waals surface area (Å²) in [7, 11) is 1.33. The maximum Gasteiger partial charge on any atom is 0.339 e. The summed E-state index contributed by atoms with van der Waals surface area (Å²) in [5, 5.41) is 11.2. The van der Waals surface area contributed by atoms with Gasteiger partial charge < -0.3 is 24.4 Å². The lowest BCUT2D eigenvalue weighted by molar-refractivity contribution is -0.181. The van der Waals surface area contributed by atoms with Gasteiger partial charge in [0, 0.05) is 25.9 Å². The highest BCUT2D eigenvalue weighted by Gasteiger charge is 2.41. The van der Waals surface area contributed by atoms with Crippen molar-refractivity contribution in [3.8, 4) is 0 Å². The normalized spacial score (nSPS) is 17.9. The van der Waals surface area contributed by atoms with Gasteiger partial charge in [-0.1, -0.05) is 12.1 Å². The molecule has 1 N–H and O–H groups in total. The third kappa shape index (κ3) is 4.06. The standard InChI is InChI=1S/C20H22N4O5/c1-27-19(26)14-4-2-3-5-15(14)21-17-7-6-16(22-23-17)18(25)24-10-8-20(9-11-24)28-12-13-29-20/h2-7H,8-13H2,1H3,(H,21,23). The highest BCUT2D eigenvalue weighted by molar-refractivity contribution is 5.96. The molecule has 1 aromatic carbocycles. The highest BCUT2D eigenvalue weighted by Crippen LogP contribution is 2.31. The van der Waals surface area contributed by atoms with E-state index in [4.69, 9.17) is 14.2 Å². The maximum atomic E-state index is 12.7. The Labute approximate surface area is 168 Å². The van der Waals surface area contributed by atoms with Crippen LogP contribution in [0.5, 0.6) is 0 Å². The van der Waals surface area contributed by atoms with Crippen molar-refractivity contribution in [2.75, 3.05) is 38.7 Å². The SMILES string of the molecule is COC(=O)c1ccccc1Nc1ccc(C(=O)N2CCC3(CC2)OCCO3)nn1. The van der Waals surface area contributed by atoms with E-state index in [0.717, 1.165) is 0 Å². The van der Waals surface area contributed by atoms with Gasteiger partial charge in [-0.3, -0.25) is 4.79 Å². The molecular weight excluding hydrogens is 376 g/mol. The molecule has 2 fully saturated rings. The average molecular weight is 398 g/mol. The van der Waals surface area contributed by atoms with Crippen molar-refractivity contribution in [2.24, 2.45) is 0 Å². The zero-order chi connectivity index (χ0) is 20.3. The second-order valence-corrected chi connectivity index (χ2v) is 6.87. The van der Waals surface area contributed by atoms with Gasteiger partial charge in [-0.15, -0.1) is 10.2 Å². The van der Waals surface area contributed by atoms with Crippen molar-refractivity contribution in [2.45, 2.75) is 18.6 Å². The fourth-order valence-corrected chi connectivity index (χ4v) is 3.53. The molecule has 2 aromatic rings. The number of hydrogen-bond acceptors (Lipinski definition) is 8. The molecule has 0 unspecified atom stereocenters. The van der Waals surface area contributed by atoms with Crippen LogP contribution < -0.4 is 5.32 Å². The van der Waals surface area contributed by atoms with Gasteiger partial charge in [0.05, 0.1) is 31.6 Å². The Hall–Kier alpha value is -3.04. The Kier molecular flexibility index (Phi) is 5.41. The fourth-order valence-electron chi connectivity index (χ4n) is 3.53. The Morgan fingerprint density at radius 3 is 2.45 bits per heavy atom. The molecule has 4 rings (SSSR count). The lowest BCUT2D eigenvalue weighted by Gasteiger charge is -2.37. The monoisotopic (exact) mass is 398 g/mol. The number of nitrogens with one attached hydrogen (secondary N) is 1. The van der Waals surface area contributed by atoms with Crippen molar-refractivity contribution in [1.82, 2.24) is 15.1 Å². The number of carbonyl (C=O) groups excluding carboxylic acids is 2. The van der Waals surface area contributed by atoms with Gasteiger partial charge >= 0.3 is 5.97 Å². The minimum absolute atomic E-state index is 0.174. The van der Waals surface area contributed by atoms with Crippen LogP contribution in [-0.2, 0) is 14.2 Å². The largest absolute Gasteiger partial charge is 0.465 e. The summed E-state index contributed by atoms with van der Waals surface area (Å²) in [5.41, 5.74) is 1.20. The highest BCUT2D eigenvalue weighted by atomic mass is 16.7. The predicted octanol–water partition coefficient (Wildman–Crippen LogP) is 1.99. The van der Waals surface area contributed by atoms with E-state index in [0.29, 0.717) is 56.2 Å². The van der Waals surface area contributed by atoms with Crippen LogP contribution in [0.4, 0.5) is 11.5 Å². The lowest BCUT2D eigenvalue weighted by atomic mass is 10.0. The minimum atomic E-state index is -0.525. The minimum Gasteiger partial charge on any atom is -0.465 e. The molecule has 0 atom stereocenters. The Morgan fingerprint density at radius 1 is 1.07 bits per heavy atom. The molecule has 0 saturated carbocycles. The zero-order valence-corrected chi connectivity index (χ0v) is 16.1. The fraction of sp³-hybridized carbons (Fsp3) is 0.400. The quantitative estimate of drug-likeness (QED) is 0.780. The first-order valence-corrected chi connectivity index (χ1v) is 9.45. The molecule has 0 radical (unpaired) electrons. The number of hydrogen-bond donors (Lipinski definition) is 1. The molecule has 2 aliphatic heterocycles. The van der Waals surface area contributed by atoms with Gasteiger partial charge in [0.2, 0.25) is 0 Å². The van der Waals surface area contributed by atoms with E-state index in [1.54, 1.807) is 41.3 Å². The first-order valence-electron chi connectivity index (χ1n) is 9.45. The predicted molar refractivity (Wildman–Crippen MR) is 103 cm³/mol. The summed E-state index contributed by atoms with van der Waals surface area (Å²) in [4.78, 5) is 26.3. The van der Waals surface area contributed by atoms with Gasteiger partial charge in [-0.05, 0) is 24.3 Å². The summed E-state index contributed by atoms with van der Waals surface area (Å²) < 4.78 is 16.2. The van der Waals surface area contributed by atoms with Gasteiger partial charge in [-0.2, -0.15) is 0 Å². The van der Waals surface area contributed by atoms with Gasteiger partial charge in [0.25, 0.3) is 5.91 Å². The average Bonchev–Trinajstić information content (AvgIpc) is 3.22. The second kappa shape index (κ2) is 8.14. The number of anilines is 2. The third-order valence-electron chi connectivity index (χ3n) is 5.10. The van der Waals surface area contributed by atoms with E-state index in [9.17, 15) is 9.59 Å². The van der Waals surface area contributed by atoms with Crippen molar-refractivity contribution in [3.05, 3.63) is 47.7 Å². The van der Waals surface area contributed by atoms with Crippen molar-refractivity contribution in [3.63, 3.8) is 0 Å². The number of rotatable bonds is 4. The molecular formula is C20H22N4O5. The van der Waals surface area contributed by atoms with E-state index < -0.39 is 11.8 Å². The Balaban J connectivity index is 1.41. The Bertz CT molecular complexity index is 886. The topological polar surface area (TPSA) is 103 Å². The Morgan fingerprint density at radius 2 is 1.79 bits per heavy atom. The lowest BCUT2D eigenvalue weighted by Crippen LogP contribution is -2.47. The molecule has 2 saturated heterocycles. The van der Waals surface area contributed by atoms with Crippen LogP contribution in [0.3, 0.4) is 0 Å². The molecule has 0 aliphatic carbocycles.